The van der Waals surface area contributed by atoms with Crippen LogP contribution >= 0.6 is 0 Å². The van der Waals surface area contributed by atoms with Crippen LogP contribution < -0.4 is 6.15 Å². The maximum Gasteiger partial charge on any atom is 0.302 e. The molecule has 0 saturated carbocycles. The monoisotopic (exact) mass is 183 g/mol. The Morgan fingerprint density at radius 2 is 1.58 bits per heavy atom. The Morgan fingerprint density at radius 3 is 1.58 bits per heavy atom. The molecule has 0 aromatic carbocycles. The van der Waals surface area contributed by atoms with Crippen molar-refractivity contribution in [3.8, 4) is 0 Å². The minimum Gasteiger partial charge on any atom is -0.481 e. The number of ether oxygens (including phenoxy) is 1. The van der Waals surface area contributed by atoms with Gasteiger partial charge in [-0.25, -0.2) is 0 Å². The molecule has 0 aliphatic rings. The molecule has 0 unspecified atom stereocenters. The molecular weight excluding hydrogens is 166 g/mol. The summed E-state index contributed by atoms with van der Waals surface area (Å²) in [7, 11) is 0. The van der Waals surface area contributed by atoms with Crippen LogP contribution in [0.25, 0.3) is 0 Å². The van der Waals surface area contributed by atoms with Crippen molar-refractivity contribution >= 4 is 11.9 Å². The summed E-state index contributed by atoms with van der Waals surface area (Å²) in [5, 5.41) is 7.42. The van der Waals surface area contributed by atoms with E-state index in [4.69, 9.17) is 9.90 Å². The number of aliphatic carboxylic acids is 1. The second kappa shape index (κ2) is 16.4. The number of carbonyl (C=O) groups excluding carboxylic acids is 1. The van der Waals surface area contributed by atoms with Crippen molar-refractivity contribution in [2.45, 2.75) is 20.8 Å². The molecule has 6 nitrogen and oxygen atoms in total. The lowest BCUT2D eigenvalue weighted by molar-refractivity contribution is -0.140. The Hall–Kier alpha value is -1.14. The third-order valence-corrected chi connectivity index (χ3v) is 0.348. The zero-order chi connectivity index (χ0) is 8.57. The van der Waals surface area contributed by atoms with Crippen LogP contribution in [0.5, 0.6) is 0 Å². The average molecular weight is 183 g/mol. The van der Waals surface area contributed by atoms with Gasteiger partial charge in [-0.05, 0) is 6.92 Å². The molecule has 0 amide bonds. The average Bonchev–Trinajstić information content (AvgIpc) is 1.62. The van der Waals surface area contributed by atoms with Crippen LogP contribution in [0.3, 0.4) is 0 Å². The van der Waals surface area contributed by atoms with E-state index in [2.05, 4.69) is 4.74 Å². The molecular formula is C6H17NO5. The SMILES string of the molecule is CC(=O)O.CCOC(C)=O.N.O. The Labute approximate surface area is 71.4 Å². The first kappa shape index (κ1) is 22.4. The van der Waals surface area contributed by atoms with Crippen LogP contribution in [0.1, 0.15) is 20.8 Å². The Bertz CT molecular complexity index is 111. The van der Waals surface area contributed by atoms with Gasteiger partial charge in [-0.2, -0.15) is 0 Å². The maximum absolute atomic E-state index is 9.82. The summed E-state index contributed by atoms with van der Waals surface area (Å²) in [5.41, 5.74) is 0. The van der Waals surface area contributed by atoms with E-state index in [0.717, 1.165) is 6.92 Å². The predicted octanol–water partition coefficient (Wildman–Crippen LogP) is -0.00240. The van der Waals surface area contributed by atoms with Gasteiger partial charge in [0.15, 0.2) is 0 Å². The van der Waals surface area contributed by atoms with E-state index in [1.807, 2.05) is 0 Å². The lowest BCUT2D eigenvalue weighted by Gasteiger charge is -1.89. The molecule has 0 rings (SSSR count). The zero-order valence-electron chi connectivity index (χ0n) is 7.59. The first-order valence-electron chi connectivity index (χ1n) is 2.83. The molecule has 0 fully saturated rings. The fraction of sp³-hybridized carbons (Fsp3) is 0.667. The van der Waals surface area contributed by atoms with E-state index in [0.29, 0.717) is 6.61 Å². The largest absolute Gasteiger partial charge is 0.481 e. The highest BCUT2D eigenvalue weighted by Gasteiger charge is 1.81. The fourth-order valence-electron chi connectivity index (χ4n) is 0.203. The van der Waals surface area contributed by atoms with Gasteiger partial charge in [0, 0.05) is 13.8 Å². The van der Waals surface area contributed by atoms with Crippen molar-refractivity contribution < 1.29 is 24.9 Å². The molecule has 0 saturated heterocycles. The molecule has 0 atom stereocenters. The van der Waals surface area contributed by atoms with Crippen molar-refractivity contribution in [1.29, 1.82) is 0 Å². The minimum absolute atomic E-state index is 0. The van der Waals surface area contributed by atoms with E-state index in [1.165, 1.54) is 6.92 Å². The van der Waals surface area contributed by atoms with Crippen molar-refractivity contribution in [2.24, 2.45) is 0 Å². The summed E-state index contributed by atoms with van der Waals surface area (Å²) in [4.78, 5) is 18.8. The molecule has 0 aliphatic heterocycles. The van der Waals surface area contributed by atoms with Gasteiger partial charge in [0.05, 0.1) is 6.61 Å². The van der Waals surface area contributed by atoms with Crippen LogP contribution in [0.2, 0.25) is 0 Å². The van der Waals surface area contributed by atoms with Crippen molar-refractivity contribution in [1.82, 2.24) is 6.15 Å². The lowest BCUT2D eigenvalue weighted by Crippen LogP contribution is -1.95. The third kappa shape index (κ3) is 158. The van der Waals surface area contributed by atoms with E-state index < -0.39 is 5.97 Å². The van der Waals surface area contributed by atoms with Crippen LogP contribution in [0.15, 0.2) is 0 Å². The van der Waals surface area contributed by atoms with Crippen molar-refractivity contribution in [3.05, 3.63) is 0 Å². The van der Waals surface area contributed by atoms with Gasteiger partial charge in [-0.1, -0.05) is 0 Å². The first-order valence-corrected chi connectivity index (χ1v) is 2.83. The van der Waals surface area contributed by atoms with Gasteiger partial charge >= 0.3 is 5.97 Å². The van der Waals surface area contributed by atoms with E-state index in [1.54, 1.807) is 6.92 Å². The number of carboxylic acid groups (broad SMARTS) is 1. The van der Waals surface area contributed by atoms with Crippen LogP contribution in [-0.2, 0) is 14.3 Å². The molecule has 0 spiro atoms. The smallest absolute Gasteiger partial charge is 0.302 e. The van der Waals surface area contributed by atoms with Gasteiger partial charge in [0.25, 0.3) is 5.97 Å². The second-order valence-corrected chi connectivity index (χ2v) is 1.44. The summed E-state index contributed by atoms with van der Waals surface area (Å²) in [6.07, 6.45) is 0. The Morgan fingerprint density at radius 1 is 1.33 bits per heavy atom. The molecule has 0 radical (unpaired) electrons. The highest BCUT2D eigenvalue weighted by molar-refractivity contribution is 5.65. The molecule has 0 aromatic heterocycles. The summed E-state index contributed by atoms with van der Waals surface area (Å²) < 4.78 is 4.40. The highest BCUT2D eigenvalue weighted by atomic mass is 16.5. The Kier molecular flexibility index (Phi) is 30.8. The third-order valence-electron chi connectivity index (χ3n) is 0.348. The van der Waals surface area contributed by atoms with Gasteiger partial charge in [0.1, 0.15) is 0 Å². The summed E-state index contributed by atoms with van der Waals surface area (Å²) in [5.74, 6) is -1.04. The number of esters is 1. The topological polar surface area (TPSA) is 130 Å². The molecule has 0 aromatic rings. The predicted molar refractivity (Wildman–Crippen MR) is 44.3 cm³/mol. The molecule has 6 N–H and O–H groups in total. The molecule has 12 heavy (non-hydrogen) atoms. The first-order chi connectivity index (χ1) is 4.50. The second-order valence-electron chi connectivity index (χ2n) is 1.44. The van der Waals surface area contributed by atoms with Gasteiger partial charge in [-0.3, -0.25) is 9.59 Å². The normalized spacial score (nSPS) is 5.92. The van der Waals surface area contributed by atoms with Crippen molar-refractivity contribution in [2.75, 3.05) is 6.61 Å². The maximum atomic E-state index is 9.82. The summed E-state index contributed by atoms with van der Waals surface area (Å²) >= 11 is 0. The standard InChI is InChI=1S/C4H8O2.C2H4O2.H3N.H2O/c1-3-6-4(2)5;1-2(3)4;;/h3H2,1-2H3;1H3,(H,3,4);1H3;1H2. The van der Waals surface area contributed by atoms with Crippen LogP contribution in [-0.4, -0.2) is 29.1 Å². The van der Waals surface area contributed by atoms with E-state index in [-0.39, 0.29) is 17.6 Å². The number of carbonyl (C=O) groups is 2. The van der Waals surface area contributed by atoms with Gasteiger partial charge < -0.3 is 21.5 Å². The number of hydrogen-bond acceptors (Lipinski definition) is 4. The summed E-state index contributed by atoms with van der Waals surface area (Å²) in [6.45, 7) is 4.74. The lowest BCUT2D eigenvalue weighted by atomic mass is 10.8. The molecule has 0 heterocycles. The minimum atomic E-state index is -0.833. The van der Waals surface area contributed by atoms with Gasteiger partial charge in [0.2, 0.25) is 0 Å². The molecule has 0 bridgehead atoms. The van der Waals surface area contributed by atoms with E-state index in [9.17, 15) is 4.79 Å². The molecule has 76 valence electrons. The number of carboxylic acids is 1. The Balaban J connectivity index is -0.0000000483. The fourth-order valence-corrected chi connectivity index (χ4v) is 0.203. The number of rotatable bonds is 1. The van der Waals surface area contributed by atoms with E-state index >= 15 is 0 Å². The van der Waals surface area contributed by atoms with Crippen LogP contribution in [0.4, 0.5) is 0 Å². The molecule has 0 aliphatic carbocycles. The number of hydrogen-bond donors (Lipinski definition) is 2. The zero-order valence-corrected chi connectivity index (χ0v) is 7.59. The highest BCUT2D eigenvalue weighted by Crippen LogP contribution is 1.69. The van der Waals surface area contributed by atoms with Gasteiger partial charge in [-0.15, -0.1) is 0 Å². The van der Waals surface area contributed by atoms with Crippen LogP contribution in [0, 0.1) is 0 Å². The molecule has 6 heteroatoms. The quantitative estimate of drug-likeness (QED) is 0.552. The summed E-state index contributed by atoms with van der Waals surface area (Å²) in [6, 6.07) is 0. The van der Waals surface area contributed by atoms with Crippen molar-refractivity contribution in [3.63, 3.8) is 0 Å².